The molecule has 0 saturated carbocycles. The summed E-state index contributed by atoms with van der Waals surface area (Å²) in [5, 5.41) is 15.4. The summed E-state index contributed by atoms with van der Waals surface area (Å²) in [4.78, 5) is 40.6. The molecule has 9 heteroatoms. The summed E-state index contributed by atoms with van der Waals surface area (Å²) in [5.74, 6) is -1.40. The summed E-state index contributed by atoms with van der Waals surface area (Å²) in [7, 11) is 1.58. The Balaban J connectivity index is 1.63. The molecule has 3 rings (SSSR count). The Hall–Kier alpha value is -3.43. The molecule has 0 aromatic heterocycles. The van der Waals surface area contributed by atoms with Gasteiger partial charge in [0.05, 0.1) is 24.4 Å². The molecule has 1 saturated heterocycles. The minimum Gasteiger partial charge on any atom is -0.478 e. The number of carbonyl (C=O) groups excluding carboxylic acids is 2. The zero-order valence-electron chi connectivity index (χ0n) is 19.0. The highest BCUT2D eigenvalue weighted by Gasteiger charge is 2.23. The van der Waals surface area contributed by atoms with Gasteiger partial charge in [-0.15, -0.1) is 0 Å². The Labute approximate surface area is 193 Å². The number of hydrogen-bond acceptors (Lipinski definition) is 6. The number of hydrogen-bond donors (Lipinski definition) is 3. The average molecular weight is 455 g/mol. The van der Waals surface area contributed by atoms with E-state index in [-0.39, 0.29) is 17.4 Å². The van der Waals surface area contributed by atoms with Crippen LogP contribution in [0.4, 0.5) is 11.4 Å². The standard InChI is InChI=1S/C24H30N4O5/c1-17-5-3-4-6-19(17)23(30)26-18-7-8-21(20(15-18)24(31)32)28-12-10-27(11-13-28)16-22(29)25-9-14-33-2/h3-8,15H,9-14,16H2,1-2H3,(H,25,29)(H,26,30)(H,31,32). The van der Waals surface area contributed by atoms with Gasteiger partial charge < -0.3 is 25.4 Å². The van der Waals surface area contributed by atoms with E-state index in [1.54, 1.807) is 31.4 Å². The molecule has 2 aromatic rings. The van der Waals surface area contributed by atoms with E-state index in [9.17, 15) is 19.5 Å². The number of carboxylic acids is 1. The van der Waals surface area contributed by atoms with Gasteiger partial charge in [-0.25, -0.2) is 4.79 Å². The fourth-order valence-electron chi connectivity index (χ4n) is 3.79. The predicted molar refractivity (Wildman–Crippen MR) is 126 cm³/mol. The normalized spacial score (nSPS) is 14.1. The minimum atomic E-state index is -1.06. The van der Waals surface area contributed by atoms with Crippen LogP contribution in [0.5, 0.6) is 0 Å². The van der Waals surface area contributed by atoms with Gasteiger partial charge in [0.15, 0.2) is 0 Å². The fourth-order valence-corrected chi connectivity index (χ4v) is 3.79. The van der Waals surface area contributed by atoms with Crippen molar-refractivity contribution in [1.82, 2.24) is 10.2 Å². The second kappa shape index (κ2) is 11.4. The Morgan fingerprint density at radius 3 is 2.42 bits per heavy atom. The molecule has 0 radical (unpaired) electrons. The van der Waals surface area contributed by atoms with Crippen LogP contribution in [-0.2, 0) is 9.53 Å². The maximum atomic E-state index is 12.6. The molecule has 1 heterocycles. The molecule has 3 N–H and O–H groups in total. The van der Waals surface area contributed by atoms with Crippen LogP contribution < -0.4 is 15.5 Å². The summed E-state index contributed by atoms with van der Waals surface area (Å²) < 4.78 is 4.93. The smallest absolute Gasteiger partial charge is 0.337 e. The summed E-state index contributed by atoms with van der Waals surface area (Å²) in [6, 6.07) is 12.2. The van der Waals surface area contributed by atoms with Crippen LogP contribution in [0.1, 0.15) is 26.3 Å². The lowest BCUT2D eigenvalue weighted by molar-refractivity contribution is -0.122. The van der Waals surface area contributed by atoms with Crippen molar-refractivity contribution in [3.05, 3.63) is 59.2 Å². The van der Waals surface area contributed by atoms with Crippen LogP contribution in [0, 0.1) is 6.92 Å². The van der Waals surface area contributed by atoms with E-state index in [1.165, 1.54) is 6.07 Å². The van der Waals surface area contributed by atoms with E-state index >= 15 is 0 Å². The molecule has 176 valence electrons. The lowest BCUT2D eigenvalue weighted by atomic mass is 10.1. The van der Waals surface area contributed by atoms with Gasteiger partial charge in [0.1, 0.15) is 0 Å². The average Bonchev–Trinajstić information content (AvgIpc) is 2.80. The van der Waals surface area contributed by atoms with Crippen LogP contribution in [0.15, 0.2) is 42.5 Å². The lowest BCUT2D eigenvalue weighted by Crippen LogP contribution is -2.50. The van der Waals surface area contributed by atoms with E-state index in [0.29, 0.717) is 62.8 Å². The summed E-state index contributed by atoms with van der Waals surface area (Å²) >= 11 is 0. The zero-order chi connectivity index (χ0) is 23.8. The first-order valence-corrected chi connectivity index (χ1v) is 10.9. The van der Waals surface area contributed by atoms with Crippen LogP contribution >= 0.6 is 0 Å². The van der Waals surface area contributed by atoms with E-state index in [2.05, 4.69) is 10.6 Å². The van der Waals surface area contributed by atoms with Crippen LogP contribution in [-0.4, -0.2) is 80.8 Å². The number of aromatic carboxylic acids is 1. The van der Waals surface area contributed by atoms with Gasteiger partial charge in [0.2, 0.25) is 5.91 Å². The van der Waals surface area contributed by atoms with Gasteiger partial charge in [0.25, 0.3) is 5.91 Å². The number of nitrogens with zero attached hydrogens (tertiary/aromatic N) is 2. The Morgan fingerprint density at radius 1 is 1.03 bits per heavy atom. The maximum Gasteiger partial charge on any atom is 0.337 e. The molecular formula is C24H30N4O5. The number of aryl methyl sites for hydroxylation is 1. The quantitative estimate of drug-likeness (QED) is 0.496. The first-order chi connectivity index (χ1) is 15.9. The molecule has 0 atom stereocenters. The predicted octanol–water partition coefficient (Wildman–Crippen LogP) is 1.83. The largest absolute Gasteiger partial charge is 0.478 e. The number of amides is 2. The van der Waals surface area contributed by atoms with Gasteiger partial charge >= 0.3 is 5.97 Å². The Bertz CT molecular complexity index is 1000. The third-order valence-electron chi connectivity index (χ3n) is 5.58. The molecule has 0 unspecified atom stereocenters. The molecule has 0 aliphatic carbocycles. The second-order valence-electron chi connectivity index (χ2n) is 7.91. The molecule has 2 amide bonds. The molecule has 1 aliphatic rings. The van der Waals surface area contributed by atoms with Crippen molar-refractivity contribution in [2.24, 2.45) is 0 Å². The van der Waals surface area contributed by atoms with E-state index in [4.69, 9.17) is 4.74 Å². The van der Waals surface area contributed by atoms with Crippen molar-refractivity contribution in [1.29, 1.82) is 0 Å². The van der Waals surface area contributed by atoms with Gasteiger partial charge in [-0.3, -0.25) is 14.5 Å². The lowest BCUT2D eigenvalue weighted by Gasteiger charge is -2.36. The number of piperazine rings is 1. The molecule has 0 bridgehead atoms. The topological polar surface area (TPSA) is 111 Å². The van der Waals surface area contributed by atoms with Gasteiger partial charge in [0, 0.05) is 51.1 Å². The molecule has 1 aliphatic heterocycles. The monoisotopic (exact) mass is 454 g/mol. The van der Waals surface area contributed by atoms with Crippen molar-refractivity contribution >= 4 is 29.2 Å². The van der Waals surface area contributed by atoms with Crippen LogP contribution in [0.2, 0.25) is 0 Å². The van der Waals surface area contributed by atoms with Crippen molar-refractivity contribution in [3.63, 3.8) is 0 Å². The van der Waals surface area contributed by atoms with Crippen LogP contribution in [0.25, 0.3) is 0 Å². The molecule has 1 fully saturated rings. The molecular weight excluding hydrogens is 424 g/mol. The number of anilines is 2. The van der Waals surface area contributed by atoms with Crippen molar-refractivity contribution in [3.8, 4) is 0 Å². The number of carboxylic acid groups (broad SMARTS) is 1. The SMILES string of the molecule is COCCNC(=O)CN1CCN(c2ccc(NC(=O)c3ccccc3C)cc2C(=O)O)CC1. The minimum absolute atomic E-state index is 0.0551. The highest BCUT2D eigenvalue weighted by molar-refractivity contribution is 6.06. The van der Waals surface area contributed by atoms with E-state index in [1.807, 2.05) is 28.9 Å². The zero-order valence-corrected chi connectivity index (χ0v) is 19.0. The maximum absolute atomic E-state index is 12.6. The molecule has 0 spiro atoms. The third-order valence-corrected chi connectivity index (χ3v) is 5.58. The summed E-state index contributed by atoms with van der Waals surface area (Å²) in [5.41, 5.74) is 2.54. The highest BCUT2D eigenvalue weighted by atomic mass is 16.5. The van der Waals surface area contributed by atoms with E-state index in [0.717, 1.165) is 5.56 Å². The number of carbonyl (C=O) groups is 3. The summed E-state index contributed by atoms with van der Waals surface area (Å²) in [6.07, 6.45) is 0. The van der Waals surface area contributed by atoms with Gasteiger partial charge in [-0.1, -0.05) is 18.2 Å². The Morgan fingerprint density at radius 2 is 1.76 bits per heavy atom. The van der Waals surface area contributed by atoms with Crippen LogP contribution in [0.3, 0.4) is 0 Å². The van der Waals surface area contributed by atoms with E-state index < -0.39 is 5.97 Å². The number of benzene rings is 2. The third kappa shape index (κ3) is 6.53. The van der Waals surface area contributed by atoms with Crippen molar-refractivity contribution < 1.29 is 24.2 Å². The molecule has 9 nitrogen and oxygen atoms in total. The molecule has 33 heavy (non-hydrogen) atoms. The number of ether oxygens (including phenoxy) is 1. The first-order valence-electron chi connectivity index (χ1n) is 10.9. The summed E-state index contributed by atoms with van der Waals surface area (Å²) in [6.45, 7) is 5.58. The van der Waals surface area contributed by atoms with Gasteiger partial charge in [-0.2, -0.15) is 0 Å². The number of rotatable bonds is 9. The molecule has 2 aromatic carbocycles. The first kappa shape index (κ1) is 24.2. The van der Waals surface area contributed by atoms with Crippen molar-refractivity contribution in [2.45, 2.75) is 6.92 Å². The number of methoxy groups -OCH3 is 1. The second-order valence-corrected chi connectivity index (χ2v) is 7.91. The Kier molecular flexibility index (Phi) is 8.39. The fraction of sp³-hybridized carbons (Fsp3) is 0.375. The number of nitrogens with one attached hydrogen (secondary N) is 2. The van der Waals surface area contributed by atoms with Crippen molar-refractivity contribution in [2.75, 3.05) is 63.2 Å². The van der Waals surface area contributed by atoms with Gasteiger partial charge in [-0.05, 0) is 36.8 Å². The highest BCUT2D eigenvalue weighted by Crippen LogP contribution is 2.26.